The van der Waals surface area contributed by atoms with E-state index in [0.717, 1.165) is 19.3 Å². The number of aryl methyl sites for hydroxylation is 1. The van der Waals surface area contributed by atoms with Gasteiger partial charge in [-0.1, -0.05) is 31.2 Å². The molecule has 0 unspecified atom stereocenters. The molecule has 2 N–H and O–H groups in total. The summed E-state index contributed by atoms with van der Waals surface area (Å²) in [7, 11) is 0. The summed E-state index contributed by atoms with van der Waals surface area (Å²) >= 11 is 1.43. The van der Waals surface area contributed by atoms with E-state index in [0.29, 0.717) is 23.2 Å². The minimum atomic E-state index is 0.0737. The number of hydrogen-bond acceptors (Lipinski definition) is 3. The Balaban J connectivity index is 1.78. The van der Waals surface area contributed by atoms with Crippen LogP contribution in [0.3, 0.4) is 0 Å². The van der Waals surface area contributed by atoms with Crippen LogP contribution in [0.2, 0.25) is 0 Å². The molecule has 0 radical (unpaired) electrons. The number of thiophene rings is 1. The molecule has 110 valence electrons. The third kappa shape index (κ3) is 3.10. The normalized spacial score (nSPS) is 14.1. The fourth-order valence-electron chi connectivity index (χ4n) is 2.45. The molecule has 1 heterocycles. The number of nitrogens with zero attached hydrogens (tertiary/aromatic N) is 1. The Labute approximate surface area is 129 Å². The summed E-state index contributed by atoms with van der Waals surface area (Å²) in [6.45, 7) is 2.82. The number of amides is 1. The number of carbonyl (C=O) groups is 1. The molecule has 2 aromatic rings. The average Bonchev–Trinajstić information content (AvgIpc) is 3.26. The highest BCUT2D eigenvalue weighted by Gasteiger charge is 2.34. The second-order valence-corrected chi connectivity index (χ2v) is 6.46. The van der Waals surface area contributed by atoms with Gasteiger partial charge in [-0.15, -0.1) is 11.3 Å². The van der Waals surface area contributed by atoms with Gasteiger partial charge in [-0.05, 0) is 41.8 Å². The zero-order chi connectivity index (χ0) is 14.8. The van der Waals surface area contributed by atoms with Gasteiger partial charge in [-0.2, -0.15) is 0 Å². The first kappa shape index (κ1) is 14.1. The third-order valence-corrected chi connectivity index (χ3v) is 4.84. The second-order valence-electron chi connectivity index (χ2n) is 5.54. The zero-order valence-corrected chi connectivity index (χ0v) is 13.0. The first-order valence-corrected chi connectivity index (χ1v) is 8.28. The lowest BCUT2D eigenvalue weighted by Gasteiger charge is -2.22. The zero-order valence-electron chi connectivity index (χ0n) is 12.2. The van der Waals surface area contributed by atoms with Crippen LogP contribution in [0.15, 0.2) is 35.7 Å². The quantitative estimate of drug-likeness (QED) is 0.915. The van der Waals surface area contributed by atoms with Crippen molar-refractivity contribution in [2.75, 3.05) is 5.73 Å². The van der Waals surface area contributed by atoms with Gasteiger partial charge in [-0.25, -0.2) is 0 Å². The highest BCUT2D eigenvalue weighted by Crippen LogP contribution is 2.32. The van der Waals surface area contributed by atoms with E-state index in [1.54, 1.807) is 6.07 Å². The highest BCUT2D eigenvalue weighted by atomic mass is 32.1. The van der Waals surface area contributed by atoms with Gasteiger partial charge in [0.1, 0.15) is 4.88 Å². The van der Waals surface area contributed by atoms with Crippen molar-refractivity contribution < 1.29 is 4.79 Å². The van der Waals surface area contributed by atoms with Crippen molar-refractivity contribution in [3.05, 3.63) is 51.7 Å². The van der Waals surface area contributed by atoms with Crippen LogP contribution in [-0.4, -0.2) is 16.8 Å². The number of anilines is 1. The fourth-order valence-corrected chi connectivity index (χ4v) is 3.23. The molecule has 1 aliphatic rings. The van der Waals surface area contributed by atoms with Crippen LogP contribution in [0.25, 0.3) is 0 Å². The molecule has 3 rings (SSSR count). The number of rotatable bonds is 5. The molecule has 1 aromatic carbocycles. The summed E-state index contributed by atoms with van der Waals surface area (Å²) < 4.78 is 0. The van der Waals surface area contributed by atoms with Gasteiger partial charge in [0, 0.05) is 12.6 Å². The molecule has 0 spiro atoms. The lowest BCUT2D eigenvalue weighted by Crippen LogP contribution is -2.32. The molecular weight excluding hydrogens is 280 g/mol. The highest BCUT2D eigenvalue weighted by molar-refractivity contribution is 7.12. The van der Waals surface area contributed by atoms with Crippen molar-refractivity contribution >= 4 is 22.9 Å². The van der Waals surface area contributed by atoms with E-state index in [-0.39, 0.29) is 5.91 Å². The van der Waals surface area contributed by atoms with Crippen molar-refractivity contribution in [3.63, 3.8) is 0 Å². The predicted octanol–water partition coefficient (Wildman–Crippen LogP) is 3.70. The summed E-state index contributed by atoms with van der Waals surface area (Å²) in [5.74, 6) is 0.0737. The van der Waals surface area contributed by atoms with Gasteiger partial charge >= 0.3 is 0 Å². The molecule has 1 saturated carbocycles. The summed E-state index contributed by atoms with van der Waals surface area (Å²) in [5.41, 5.74) is 9.00. The Kier molecular flexibility index (Phi) is 3.97. The summed E-state index contributed by atoms with van der Waals surface area (Å²) in [4.78, 5) is 15.3. The molecule has 21 heavy (non-hydrogen) atoms. The molecule has 1 aliphatic carbocycles. The van der Waals surface area contributed by atoms with E-state index in [1.165, 1.54) is 22.5 Å². The van der Waals surface area contributed by atoms with E-state index in [4.69, 9.17) is 5.73 Å². The minimum absolute atomic E-state index is 0.0737. The Morgan fingerprint density at radius 3 is 2.43 bits per heavy atom. The third-order valence-electron chi connectivity index (χ3n) is 3.92. The summed E-state index contributed by atoms with van der Waals surface area (Å²) in [6, 6.07) is 10.7. The summed E-state index contributed by atoms with van der Waals surface area (Å²) in [6.07, 6.45) is 3.24. The number of nitrogens with two attached hydrogens (primary N) is 1. The largest absolute Gasteiger partial charge is 0.397 e. The van der Waals surface area contributed by atoms with Gasteiger partial charge in [0.2, 0.25) is 0 Å². The Morgan fingerprint density at radius 2 is 1.90 bits per heavy atom. The van der Waals surface area contributed by atoms with Crippen molar-refractivity contribution in [3.8, 4) is 0 Å². The Morgan fingerprint density at radius 1 is 1.24 bits per heavy atom. The van der Waals surface area contributed by atoms with Crippen LogP contribution < -0.4 is 5.73 Å². The standard InChI is InChI=1S/C17H20N2OS/c1-2-12-3-5-13(6-4-12)11-19(14-7-8-14)17(20)16-15(18)9-10-21-16/h3-6,9-10,14H,2,7-8,11,18H2,1H3. The predicted molar refractivity (Wildman–Crippen MR) is 87.4 cm³/mol. The van der Waals surface area contributed by atoms with E-state index >= 15 is 0 Å². The minimum Gasteiger partial charge on any atom is -0.397 e. The van der Waals surface area contributed by atoms with Crippen molar-refractivity contribution in [1.29, 1.82) is 0 Å². The van der Waals surface area contributed by atoms with Crippen molar-refractivity contribution in [2.45, 2.75) is 38.8 Å². The fraction of sp³-hybridized carbons (Fsp3) is 0.353. The maximum Gasteiger partial charge on any atom is 0.266 e. The molecule has 1 aromatic heterocycles. The lowest BCUT2D eigenvalue weighted by molar-refractivity contribution is 0.0736. The summed E-state index contributed by atoms with van der Waals surface area (Å²) in [5, 5.41) is 1.88. The molecule has 0 aliphatic heterocycles. The van der Waals surface area contributed by atoms with Crippen LogP contribution >= 0.6 is 11.3 Å². The topological polar surface area (TPSA) is 46.3 Å². The molecule has 0 saturated heterocycles. The SMILES string of the molecule is CCc1ccc(CN(C(=O)c2sccc2N)C2CC2)cc1. The Hall–Kier alpha value is -1.81. The van der Waals surface area contributed by atoms with Crippen LogP contribution in [-0.2, 0) is 13.0 Å². The first-order valence-electron chi connectivity index (χ1n) is 7.40. The van der Waals surface area contributed by atoms with Gasteiger partial charge in [0.25, 0.3) is 5.91 Å². The molecule has 1 amide bonds. The smallest absolute Gasteiger partial charge is 0.266 e. The van der Waals surface area contributed by atoms with Crippen LogP contribution in [0.5, 0.6) is 0 Å². The molecule has 0 atom stereocenters. The van der Waals surface area contributed by atoms with E-state index < -0.39 is 0 Å². The second kappa shape index (κ2) is 5.90. The first-order chi connectivity index (χ1) is 10.2. The van der Waals surface area contributed by atoms with Crippen molar-refractivity contribution in [1.82, 2.24) is 4.90 Å². The van der Waals surface area contributed by atoms with Gasteiger partial charge in [0.15, 0.2) is 0 Å². The van der Waals surface area contributed by atoms with E-state index in [9.17, 15) is 4.79 Å². The monoisotopic (exact) mass is 300 g/mol. The maximum atomic E-state index is 12.7. The number of carbonyl (C=O) groups excluding carboxylic acids is 1. The molecule has 4 heteroatoms. The van der Waals surface area contributed by atoms with Crippen molar-refractivity contribution in [2.24, 2.45) is 0 Å². The number of benzene rings is 1. The molecule has 0 bridgehead atoms. The van der Waals surface area contributed by atoms with Crippen LogP contribution in [0, 0.1) is 0 Å². The maximum absolute atomic E-state index is 12.7. The van der Waals surface area contributed by atoms with Gasteiger partial charge < -0.3 is 10.6 Å². The Bertz CT molecular complexity index is 628. The van der Waals surface area contributed by atoms with Crippen LogP contribution in [0.1, 0.15) is 40.6 Å². The lowest BCUT2D eigenvalue weighted by atomic mass is 10.1. The van der Waals surface area contributed by atoms with Gasteiger partial charge in [-0.3, -0.25) is 4.79 Å². The van der Waals surface area contributed by atoms with E-state index in [2.05, 4.69) is 31.2 Å². The number of hydrogen-bond donors (Lipinski definition) is 1. The number of nitrogen functional groups attached to an aromatic ring is 1. The van der Waals surface area contributed by atoms with E-state index in [1.807, 2.05) is 10.3 Å². The molecular formula is C17H20N2OS. The average molecular weight is 300 g/mol. The molecule has 1 fully saturated rings. The van der Waals surface area contributed by atoms with Gasteiger partial charge in [0.05, 0.1) is 5.69 Å². The van der Waals surface area contributed by atoms with Crippen LogP contribution in [0.4, 0.5) is 5.69 Å². The molecule has 3 nitrogen and oxygen atoms in total.